The van der Waals surface area contributed by atoms with Crippen LogP contribution in [0.4, 0.5) is 5.69 Å². The third-order valence-electron chi connectivity index (χ3n) is 6.42. The van der Waals surface area contributed by atoms with E-state index in [2.05, 4.69) is 72.8 Å². The van der Waals surface area contributed by atoms with Crippen LogP contribution in [0, 0.1) is 17.3 Å². The maximum absolute atomic E-state index is 6.73. The van der Waals surface area contributed by atoms with Gasteiger partial charge in [0.25, 0.3) is 0 Å². The monoisotopic (exact) mass is 403 g/mol. The van der Waals surface area contributed by atoms with Gasteiger partial charge in [-0.1, -0.05) is 85.8 Å². The summed E-state index contributed by atoms with van der Waals surface area (Å²) >= 11 is 0. The van der Waals surface area contributed by atoms with Crippen molar-refractivity contribution in [2.75, 3.05) is 5.73 Å². The average Bonchev–Trinajstić information content (AvgIpc) is 2.56. The van der Waals surface area contributed by atoms with Crippen molar-refractivity contribution < 1.29 is 4.43 Å². The maximum Gasteiger partial charge on any atom is 0.171 e. The predicted molar refractivity (Wildman–Crippen MR) is 126 cm³/mol. The number of anilines is 1. The molecule has 2 nitrogen and oxygen atoms in total. The van der Waals surface area contributed by atoms with Crippen molar-refractivity contribution in [3.05, 3.63) is 29.3 Å². The highest BCUT2D eigenvalue weighted by atomic mass is 28.3. The van der Waals surface area contributed by atoms with Crippen molar-refractivity contribution in [2.45, 2.75) is 105 Å². The van der Waals surface area contributed by atoms with Crippen LogP contribution < -0.4 is 5.73 Å². The Hall–Kier alpha value is -0.803. The van der Waals surface area contributed by atoms with E-state index in [4.69, 9.17) is 10.2 Å². The molecule has 0 aromatic heterocycles. The molecule has 0 aliphatic heterocycles. The van der Waals surface area contributed by atoms with E-state index in [1.165, 1.54) is 49.7 Å². The zero-order valence-corrected chi connectivity index (χ0v) is 20.9. The van der Waals surface area contributed by atoms with Crippen LogP contribution in [0.2, 0.25) is 13.1 Å². The van der Waals surface area contributed by atoms with Crippen LogP contribution in [0.25, 0.3) is 0 Å². The summed E-state index contributed by atoms with van der Waals surface area (Å²) in [7, 11) is -1.18. The van der Waals surface area contributed by atoms with E-state index >= 15 is 0 Å². The lowest BCUT2D eigenvalue weighted by atomic mass is 9.69. The van der Waals surface area contributed by atoms with Gasteiger partial charge in [0.15, 0.2) is 9.04 Å². The fraction of sp³-hybridized carbons (Fsp3) is 0.760. The van der Waals surface area contributed by atoms with Crippen LogP contribution in [0.1, 0.15) is 97.3 Å². The van der Waals surface area contributed by atoms with Gasteiger partial charge in [-0.2, -0.15) is 0 Å². The summed E-state index contributed by atoms with van der Waals surface area (Å²) in [4.78, 5) is 0. The molecule has 2 rings (SSSR count). The smallest absolute Gasteiger partial charge is 0.171 e. The van der Waals surface area contributed by atoms with Gasteiger partial charge >= 0.3 is 0 Å². The van der Waals surface area contributed by atoms with Crippen LogP contribution in [-0.2, 0) is 9.84 Å². The van der Waals surface area contributed by atoms with Gasteiger partial charge in [-0.15, -0.1) is 0 Å². The number of hydrogen-bond donors (Lipinski definition) is 1. The first-order valence-electron chi connectivity index (χ1n) is 11.4. The van der Waals surface area contributed by atoms with E-state index in [1.807, 2.05) is 0 Å². The molecule has 1 aromatic carbocycles. The van der Waals surface area contributed by atoms with Gasteiger partial charge in [-0.25, -0.2) is 0 Å². The van der Waals surface area contributed by atoms with Crippen molar-refractivity contribution >= 4 is 14.7 Å². The minimum absolute atomic E-state index is 0.0668. The molecular formula is C25H45NOSi. The topological polar surface area (TPSA) is 35.2 Å². The van der Waals surface area contributed by atoms with Crippen LogP contribution in [-0.4, -0.2) is 9.04 Å². The van der Waals surface area contributed by atoms with E-state index in [0.717, 1.165) is 11.6 Å². The summed E-state index contributed by atoms with van der Waals surface area (Å²) in [6.07, 6.45) is 8.44. The first kappa shape index (κ1) is 23.5. The maximum atomic E-state index is 6.73. The summed E-state index contributed by atoms with van der Waals surface area (Å²) in [5, 5.41) is 0. The number of rotatable bonds is 6. The first-order chi connectivity index (χ1) is 12.9. The highest BCUT2D eigenvalue weighted by Gasteiger charge is 2.36. The third-order valence-corrected chi connectivity index (χ3v) is 7.26. The van der Waals surface area contributed by atoms with Gasteiger partial charge in [0.1, 0.15) is 0 Å². The second kappa shape index (κ2) is 9.34. The Kier molecular flexibility index (Phi) is 7.83. The molecule has 0 amide bonds. The largest absolute Gasteiger partial charge is 0.413 e. The molecule has 0 spiro atoms. The predicted octanol–water partition coefficient (Wildman–Crippen LogP) is 7.24. The molecule has 2 unspecified atom stereocenters. The summed E-state index contributed by atoms with van der Waals surface area (Å²) in [6, 6.07) is 6.74. The van der Waals surface area contributed by atoms with Gasteiger partial charge in [0.05, 0.1) is 6.10 Å². The van der Waals surface area contributed by atoms with Crippen molar-refractivity contribution in [3.63, 3.8) is 0 Å². The van der Waals surface area contributed by atoms with E-state index in [1.54, 1.807) is 0 Å². The molecular weight excluding hydrogens is 358 g/mol. The highest BCUT2D eigenvalue weighted by molar-refractivity contribution is 6.48. The summed E-state index contributed by atoms with van der Waals surface area (Å²) in [5.74, 6) is 1.37. The fourth-order valence-electron chi connectivity index (χ4n) is 4.85. The summed E-state index contributed by atoms with van der Waals surface area (Å²) in [6.45, 7) is 18.5. The van der Waals surface area contributed by atoms with Crippen LogP contribution >= 0.6 is 0 Å². The fourth-order valence-corrected chi connectivity index (χ4v) is 5.79. The minimum Gasteiger partial charge on any atom is -0.413 e. The Morgan fingerprint density at radius 1 is 1.04 bits per heavy atom. The van der Waals surface area contributed by atoms with Crippen molar-refractivity contribution in [1.29, 1.82) is 0 Å². The summed E-state index contributed by atoms with van der Waals surface area (Å²) in [5.41, 5.74) is 10.2. The molecule has 0 bridgehead atoms. The number of benzene rings is 1. The molecule has 0 saturated heterocycles. The molecule has 2 atom stereocenters. The van der Waals surface area contributed by atoms with Crippen LogP contribution in [0.3, 0.4) is 0 Å². The average molecular weight is 404 g/mol. The molecule has 28 heavy (non-hydrogen) atoms. The molecule has 1 fully saturated rings. The van der Waals surface area contributed by atoms with E-state index in [9.17, 15) is 0 Å². The standard InChI is InChI=1S/C25H45NOSi/c1-24(2,3)20-15-14-19(17-22(20)26)23(27-28(7)8)21(25(4,5)6)16-18-12-10-9-11-13-18/h14-15,17-18,21,23,28H,9-13,16,26H2,1-8H3. The van der Waals surface area contributed by atoms with Crippen molar-refractivity contribution in [2.24, 2.45) is 17.3 Å². The Balaban J connectivity index is 2.39. The Morgan fingerprint density at radius 3 is 2.11 bits per heavy atom. The quantitative estimate of drug-likeness (QED) is 0.401. The Bertz CT molecular complexity index is 620. The second-order valence-corrected chi connectivity index (χ2v) is 13.8. The van der Waals surface area contributed by atoms with Gasteiger partial charge in [0, 0.05) is 5.69 Å². The van der Waals surface area contributed by atoms with Gasteiger partial charge < -0.3 is 10.2 Å². The molecule has 3 heteroatoms. The van der Waals surface area contributed by atoms with Gasteiger partial charge in [0.2, 0.25) is 0 Å². The van der Waals surface area contributed by atoms with E-state index in [0.29, 0.717) is 5.92 Å². The zero-order chi connectivity index (χ0) is 21.1. The highest BCUT2D eigenvalue weighted by Crippen LogP contribution is 2.46. The van der Waals surface area contributed by atoms with Gasteiger partial charge in [-0.3, -0.25) is 0 Å². The zero-order valence-electron chi connectivity index (χ0n) is 19.8. The molecule has 0 heterocycles. The molecule has 160 valence electrons. The third kappa shape index (κ3) is 6.35. The van der Waals surface area contributed by atoms with Gasteiger partial charge in [-0.05, 0) is 59.4 Å². The minimum atomic E-state index is -1.18. The number of hydrogen-bond acceptors (Lipinski definition) is 2. The summed E-state index contributed by atoms with van der Waals surface area (Å²) < 4.78 is 6.73. The molecule has 1 saturated carbocycles. The van der Waals surface area contributed by atoms with E-state index in [-0.39, 0.29) is 16.9 Å². The lowest BCUT2D eigenvalue weighted by Crippen LogP contribution is -2.33. The van der Waals surface area contributed by atoms with Crippen molar-refractivity contribution in [3.8, 4) is 0 Å². The molecule has 2 N–H and O–H groups in total. The van der Waals surface area contributed by atoms with Crippen LogP contribution in [0.5, 0.6) is 0 Å². The first-order valence-corrected chi connectivity index (χ1v) is 14.2. The van der Waals surface area contributed by atoms with Crippen LogP contribution in [0.15, 0.2) is 18.2 Å². The van der Waals surface area contributed by atoms with E-state index < -0.39 is 9.04 Å². The lowest BCUT2D eigenvalue weighted by molar-refractivity contribution is 0.0378. The molecule has 1 aliphatic carbocycles. The normalized spacial score (nSPS) is 19.0. The Morgan fingerprint density at radius 2 is 1.64 bits per heavy atom. The molecule has 1 aliphatic rings. The number of nitrogens with two attached hydrogens (primary N) is 1. The Labute approximate surface area is 176 Å². The lowest BCUT2D eigenvalue weighted by Gasteiger charge is -2.41. The number of nitrogen functional groups attached to an aromatic ring is 1. The SMILES string of the molecule is C[SiH](C)OC(c1ccc(C(C)(C)C)c(N)c1)C(CC1CCCCC1)C(C)(C)C. The van der Waals surface area contributed by atoms with Crippen molar-refractivity contribution in [1.82, 2.24) is 0 Å². The second-order valence-electron chi connectivity index (χ2n) is 11.4. The molecule has 0 radical (unpaired) electrons. The molecule has 1 aromatic rings.